The number of oxazole rings is 1. The van der Waals surface area contributed by atoms with Crippen LogP contribution in [0.5, 0.6) is 0 Å². The van der Waals surface area contributed by atoms with Gasteiger partial charge in [0.15, 0.2) is 11.5 Å². The number of fused-ring (bicyclic) bond motifs is 3. The van der Waals surface area contributed by atoms with E-state index in [1.54, 1.807) is 0 Å². The van der Waals surface area contributed by atoms with Crippen LogP contribution in [0.3, 0.4) is 0 Å². The summed E-state index contributed by atoms with van der Waals surface area (Å²) >= 11 is 6.48. The molecule has 2 aliphatic rings. The SMILES string of the molecule is Cc1nc2c3c(cc(N=C(c4ccccc4)c4ccccc4)c2o1)N(C(=O)C1CCCCCC1)CC3CCl. The van der Waals surface area contributed by atoms with E-state index in [0.717, 1.165) is 59.3 Å². The third kappa shape index (κ3) is 4.64. The molecule has 5 nitrogen and oxygen atoms in total. The topological polar surface area (TPSA) is 58.7 Å². The Kier molecular flexibility index (Phi) is 7.03. The van der Waals surface area contributed by atoms with Gasteiger partial charge in [0.2, 0.25) is 5.91 Å². The highest BCUT2D eigenvalue weighted by Gasteiger charge is 2.38. The molecule has 4 aromatic rings. The van der Waals surface area contributed by atoms with Crippen molar-refractivity contribution in [3.8, 4) is 0 Å². The van der Waals surface area contributed by atoms with E-state index in [2.05, 4.69) is 24.3 Å². The third-order valence-corrected chi connectivity index (χ3v) is 8.23. The van der Waals surface area contributed by atoms with Crippen LogP contribution in [0.1, 0.15) is 67.0 Å². The van der Waals surface area contributed by atoms with E-state index in [1.165, 1.54) is 12.8 Å². The van der Waals surface area contributed by atoms with Gasteiger partial charge in [-0.2, -0.15) is 0 Å². The predicted molar refractivity (Wildman–Crippen MR) is 154 cm³/mol. The number of benzene rings is 3. The Morgan fingerprint density at radius 1 is 1.00 bits per heavy atom. The van der Waals surface area contributed by atoms with Gasteiger partial charge >= 0.3 is 0 Å². The van der Waals surface area contributed by atoms with Gasteiger partial charge in [0.1, 0.15) is 11.2 Å². The standard InChI is InChI=1S/C32H32ClN3O2/c1-21-34-30-28-25(19-33)20-36(32(37)24-16-6-2-3-7-17-24)27(28)18-26(31(30)38-21)35-29(22-12-8-4-9-13-22)23-14-10-5-11-15-23/h4-5,8-15,18,24-25H,2-3,6-7,16-17,19-20H2,1H3. The molecule has 6 heteroatoms. The number of aliphatic imine (C=N–C) groups is 1. The first-order valence-corrected chi connectivity index (χ1v) is 14.2. The van der Waals surface area contributed by atoms with Crippen molar-refractivity contribution in [3.05, 3.63) is 89.3 Å². The maximum Gasteiger partial charge on any atom is 0.230 e. The van der Waals surface area contributed by atoms with Gasteiger partial charge in [0.05, 0.1) is 11.4 Å². The molecule has 0 radical (unpaired) electrons. The van der Waals surface area contributed by atoms with Crippen LogP contribution in [-0.4, -0.2) is 29.0 Å². The lowest BCUT2D eigenvalue weighted by molar-refractivity contribution is -0.122. The van der Waals surface area contributed by atoms with Crippen molar-refractivity contribution in [3.63, 3.8) is 0 Å². The molecule has 1 fully saturated rings. The molecule has 1 saturated carbocycles. The minimum absolute atomic E-state index is 0.00846. The highest BCUT2D eigenvalue weighted by atomic mass is 35.5. The maximum absolute atomic E-state index is 13.9. The van der Waals surface area contributed by atoms with Gasteiger partial charge in [-0.1, -0.05) is 86.3 Å². The summed E-state index contributed by atoms with van der Waals surface area (Å²) in [5.41, 5.74) is 6.83. The zero-order valence-corrected chi connectivity index (χ0v) is 22.5. The smallest absolute Gasteiger partial charge is 0.230 e. The van der Waals surface area contributed by atoms with Gasteiger partial charge in [0, 0.05) is 47.9 Å². The average molecular weight is 526 g/mol. The summed E-state index contributed by atoms with van der Waals surface area (Å²) in [6.45, 7) is 2.43. The molecule has 194 valence electrons. The number of hydrogen-bond donors (Lipinski definition) is 0. The van der Waals surface area contributed by atoms with Crippen LogP contribution in [0.15, 0.2) is 76.1 Å². The largest absolute Gasteiger partial charge is 0.439 e. The lowest BCUT2D eigenvalue weighted by atomic mass is 9.98. The van der Waals surface area contributed by atoms with Gasteiger partial charge in [0.25, 0.3) is 0 Å². The first-order chi connectivity index (χ1) is 18.6. The number of anilines is 1. The Morgan fingerprint density at radius 3 is 2.24 bits per heavy atom. The molecule has 1 amide bonds. The minimum Gasteiger partial charge on any atom is -0.439 e. The third-order valence-electron chi connectivity index (χ3n) is 7.86. The van der Waals surface area contributed by atoms with Gasteiger partial charge in [-0.15, -0.1) is 11.6 Å². The van der Waals surface area contributed by atoms with Gasteiger partial charge < -0.3 is 9.32 Å². The van der Waals surface area contributed by atoms with Crippen molar-refractivity contribution in [1.29, 1.82) is 0 Å². The molecular weight excluding hydrogens is 494 g/mol. The molecule has 1 aliphatic carbocycles. The summed E-state index contributed by atoms with van der Waals surface area (Å²) in [6.07, 6.45) is 6.57. The van der Waals surface area contributed by atoms with Crippen molar-refractivity contribution in [2.45, 2.75) is 51.4 Å². The summed E-state index contributed by atoms with van der Waals surface area (Å²) in [4.78, 5) is 25.8. The molecule has 1 unspecified atom stereocenters. The number of halogens is 1. The van der Waals surface area contributed by atoms with E-state index in [4.69, 9.17) is 26.0 Å². The maximum atomic E-state index is 13.9. The highest BCUT2D eigenvalue weighted by molar-refractivity contribution is 6.19. The lowest BCUT2D eigenvalue weighted by Gasteiger charge is -2.23. The van der Waals surface area contributed by atoms with Gasteiger partial charge in [-0.3, -0.25) is 4.79 Å². The molecular formula is C32H32ClN3O2. The average Bonchev–Trinajstić information content (AvgIpc) is 3.40. The van der Waals surface area contributed by atoms with Crippen LogP contribution < -0.4 is 4.90 Å². The van der Waals surface area contributed by atoms with E-state index in [-0.39, 0.29) is 17.7 Å². The summed E-state index contributed by atoms with van der Waals surface area (Å²) in [6, 6.07) is 22.3. The van der Waals surface area contributed by atoms with E-state index < -0.39 is 0 Å². The number of hydrogen-bond acceptors (Lipinski definition) is 4. The number of carbonyl (C=O) groups is 1. The number of nitrogens with zero attached hydrogens (tertiary/aromatic N) is 3. The van der Waals surface area contributed by atoms with Crippen LogP contribution in [0, 0.1) is 12.8 Å². The number of alkyl halides is 1. The summed E-state index contributed by atoms with van der Waals surface area (Å²) < 4.78 is 6.15. The van der Waals surface area contributed by atoms with Crippen LogP contribution in [0.25, 0.3) is 11.1 Å². The molecule has 2 heterocycles. The van der Waals surface area contributed by atoms with Crippen molar-refractivity contribution < 1.29 is 9.21 Å². The number of amides is 1. The van der Waals surface area contributed by atoms with Crippen LogP contribution in [0.2, 0.25) is 0 Å². The lowest BCUT2D eigenvalue weighted by Crippen LogP contribution is -2.35. The molecule has 0 saturated heterocycles. The Hall–Kier alpha value is -3.44. The number of aromatic nitrogens is 1. The van der Waals surface area contributed by atoms with Crippen LogP contribution >= 0.6 is 11.6 Å². The quantitative estimate of drug-likeness (QED) is 0.151. The fourth-order valence-electron chi connectivity index (χ4n) is 5.99. The second-order valence-corrected chi connectivity index (χ2v) is 10.7. The first kappa shape index (κ1) is 24.9. The van der Waals surface area contributed by atoms with Gasteiger partial charge in [-0.05, 0) is 18.9 Å². The number of aryl methyl sites for hydroxylation is 1. The first-order valence-electron chi connectivity index (χ1n) is 13.6. The Morgan fingerprint density at radius 2 is 1.63 bits per heavy atom. The molecule has 1 atom stereocenters. The van der Waals surface area contributed by atoms with Crippen LogP contribution in [0.4, 0.5) is 11.4 Å². The second-order valence-electron chi connectivity index (χ2n) is 10.4. The monoisotopic (exact) mass is 525 g/mol. The van der Waals surface area contributed by atoms with Crippen molar-refractivity contribution in [2.75, 3.05) is 17.3 Å². The zero-order valence-electron chi connectivity index (χ0n) is 21.7. The summed E-state index contributed by atoms with van der Waals surface area (Å²) in [5, 5.41) is 0. The molecule has 0 bridgehead atoms. The van der Waals surface area contributed by atoms with E-state index >= 15 is 0 Å². The van der Waals surface area contributed by atoms with E-state index in [9.17, 15) is 4.79 Å². The Labute approximate surface area is 228 Å². The second kappa shape index (κ2) is 10.7. The zero-order chi connectivity index (χ0) is 26.1. The van der Waals surface area contributed by atoms with Crippen LogP contribution in [-0.2, 0) is 4.79 Å². The molecule has 0 N–H and O–H groups in total. The Balaban J connectivity index is 1.53. The molecule has 6 rings (SSSR count). The highest BCUT2D eigenvalue weighted by Crippen LogP contribution is 2.46. The Bertz CT molecular complexity index is 1430. The van der Waals surface area contributed by atoms with Crippen molar-refractivity contribution >= 4 is 45.7 Å². The fourth-order valence-corrected chi connectivity index (χ4v) is 6.24. The van der Waals surface area contributed by atoms with E-state index in [0.29, 0.717) is 29.6 Å². The molecule has 0 spiro atoms. The molecule has 38 heavy (non-hydrogen) atoms. The number of rotatable bonds is 5. The molecule has 1 aromatic heterocycles. The van der Waals surface area contributed by atoms with Crippen molar-refractivity contribution in [2.24, 2.45) is 10.9 Å². The molecule has 1 aliphatic heterocycles. The fraction of sp³-hybridized carbons (Fsp3) is 0.344. The summed E-state index contributed by atoms with van der Waals surface area (Å²) in [7, 11) is 0. The minimum atomic E-state index is 0.00846. The van der Waals surface area contributed by atoms with Gasteiger partial charge in [-0.25, -0.2) is 9.98 Å². The predicted octanol–water partition coefficient (Wildman–Crippen LogP) is 7.94. The van der Waals surface area contributed by atoms with Crippen molar-refractivity contribution in [1.82, 2.24) is 4.98 Å². The normalized spacial score (nSPS) is 17.8. The molecule has 3 aromatic carbocycles. The van der Waals surface area contributed by atoms with E-state index in [1.807, 2.05) is 54.3 Å². The summed E-state index contributed by atoms with van der Waals surface area (Å²) in [5.74, 6) is 1.28. The number of carbonyl (C=O) groups excluding carboxylic acids is 1.